The molecule has 0 bridgehead atoms. The van der Waals surface area contributed by atoms with Crippen LogP contribution in [0.4, 0.5) is 18.9 Å². The molecule has 1 atom stereocenters. The molecule has 0 spiro atoms. The summed E-state index contributed by atoms with van der Waals surface area (Å²) < 4.78 is 39.1. The van der Waals surface area contributed by atoms with Crippen LogP contribution in [0.25, 0.3) is 0 Å². The molecule has 6 heteroatoms. The fraction of sp³-hybridized carbons (Fsp3) is 0.143. The summed E-state index contributed by atoms with van der Waals surface area (Å²) in [5, 5.41) is 3.18. The van der Waals surface area contributed by atoms with Crippen LogP contribution in [-0.2, 0) is 0 Å². The molecule has 2 aromatic carbocycles. The molecule has 2 rings (SSSR count). The molecule has 1 nitrogen and oxygen atoms in total. The summed E-state index contributed by atoms with van der Waals surface area (Å²) in [6.07, 6.45) is 0. The van der Waals surface area contributed by atoms with Gasteiger partial charge < -0.3 is 5.32 Å². The van der Waals surface area contributed by atoms with Crippen molar-refractivity contribution in [3.8, 4) is 0 Å². The van der Waals surface area contributed by atoms with Gasteiger partial charge in [-0.25, -0.2) is 13.2 Å². The van der Waals surface area contributed by atoms with E-state index in [1.54, 1.807) is 6.92 Å². The third-order valence-corrected chi connectivity index (χ3v) is 3.41. The van der Waals surface area contributed by atoms with Crippen molar-refractivity contribution in [1.82, 2.24) is 0 Å². The zero-order valence-corrected chi connectivity index (χ0v) is 11.9. The predicted octanol–water partition coefficient (Wildman–Crippen LogP) is 5.58. The Morgan fingerprint density at radius 2 is 1.55 bits per heavy atom. The summed E-state index contributed by atoms with van der Waals surface area (Å²) in [5.74, 6) is -2.41. The largest absolute Gasteiger partial charge is 0.376 e. The summed E-state index contributed by atoms with van der Waals surface area (Å²) in [4.78, 5) is 0. The highest BCUT2D eigenvalue weighted by Gasteiger charge is 2.14. The van der Waals surface area contributed by atoms with Crippen LogP contribution in [0.2, 0.25) is 10.0 Å². The SMILES string of the molecule is CC(Nc1c(Cl)cc(F)cc1Cl)c1ccc(F)c(F)c1. The molecule has 20 heavy (non-hydrogen) atoms. The molecule has 0 fully saturated rings. The fourth-order valence-corrected chi connectivity index (χ4v) is 2.33. The number of hydrogen-bond donors (Lipinski definition) is 1. The van der Waals surface area contributed by atoms with Gasteiger partial charge >= 0.3 is 0 Å². The molecule has 106 valence electrons. The maximum absolute atomic E-state index is 13.2. The Hall–Kier alpha value is -1.39. The third-order valence-electron chi connectivity index (χ3n) is 2.81. The molecule has 0 heterocycles. The van der Waals surface area contributed by atoms with Gasteiger partial charge in [-0.05, 0) is 36.8 Å². The normalized spacial score (nSPS) is 12.3. The Bertz CT molecular complexity index is 623. The first kappa shape index (κ1) is 15.0. The lowest BCUT2D eigenvalue weighted by Gasteiger charge is -2.18. The van der Waals surface area contributed by atoms with Crippen molar-refractivity contribution < 1.29 is 13.2 Å². The summed E-state index contributed by atoms with van der Waals surface area (Å²) in [7, 11) is 0. The number of nitrogens with one attached hydrogen (secondary N) is 1. The van der Waals surface area contributed by atoms with Gasteiger partial charge in [-0.1, -0.05) is 29.3 Å². The second-order valence-electron chi connectivity index (χ2n) is 4.28. The maximum atomic E-state index is 13.2. The number of rotatable bonds is 3. The standard InChI is InChI=1S/C14H10Cl2F3N/c1-7(8-2-3-12(18)13(19)4-8)20-14-10(15)5-9(17)6-11(14)16/h2-7,20H,1H3. The van der Waals surface area contributed by atoms with E-state index in [1.807, 2.05) is 0 Å². The van der Waals surface area contributed by atoms with E-state index >= 15 is 0 Å². The highest BCUT2D eigenvalue weighted by atomic mass is 35.5. The van der Waals surface area contributed by atoms with Crippen LogP contribution in [0.3, 0.4) is 0 Å². The lowest BCUT2D eigenvalue weighted by atomic mass is 10.1. The smallest absolute Gasteiger partial charge is 0.159 e. The minimum Gasteiger partial charge on any atom is -0.376 e. The fourth-order valence-electron chi connectivity index (χ4n) is 1.76. The molecular weight excluding hydrogens is 310 g/mol. The first-order valence-electron chi connectivity index (χ1n) is 5.74. The summed E-state index contributed by atoms with van der Waals surface area (Å²) in [6.45, 7) is 1.72. The molecule has 0 radical (unpaired) electrons. The van der Waals surface area contributed by atoms with E-state index in [0.29, 0.717) is 11.3 Å². The van der Waals surface area contributed by atoms with Crippen molar-refractivity contribution in [3.05, 3.63) is 63.4 Å². The Balaban J connectivity index is 2.27. The van der Waals surface area contributed by atoms with Gasteiger partial charge in [0.15, 0.2) is 11.6 Å². The van der Waals surface area contributed by atoms with E-state index in [-0.39, 0.29) is 16.1 Å². The van der Waals surface area contributed by atoms with Crippen LogP contribution in [0, 0.1) is 17.5 Å². The van der Waals surface area contributed by atoms with E-state index in [9.17, 15) is 13.2 Å². The first-order valence-corrected chi connectivity index (χ1v) is 6.50. The van der Waals surface area contributed by atoms with Gasteiger partial charge in [-0.2, -0.15) is 0 Å². The van der Waals surface area contributed by atoms with Crippen LogP contribution in [0.5, 0.6) is 0 Å². The Labute approximate surface area is 124 Å². The zero-order chi connectivity index (χ0) is 14.9. The van der Waals surface area contributed by atoms with E-state index in [1.165, 1.54) is 6.07 Å². The average molecular weight is 320 g/mol. The van der Waals surface area contributed by atoms with Crippen LogP contribution in [0.15, 0.2) is 30.3 Å². The third kappa shape index (κ3) is 3.19. The van der Waals surface area contributed by atoms with Gasteiger partial charge in [0.05, 0.1) is 15.7 Å². The van der Waals surface area contributed by atoms with Crippen molar-refractivity contribution in [2.24, 2.45) is 0 Å². The first-order chi connectivity index (χ1) is 9.38. The summed E-state index contributed by atoms with van der Waals surface area (Å²) >= 11 is 11.8. The number of anilines is 1. The second kappa shape index (κ2) is 5.94. The molecule has 0 saturated heterocycles. The highest BCUT2D eigenvalue weighted by molar-refractivity contribution is 6.39. The molecule has 1 unspecified atom stereocenters. The molecule has 2 aromatic rings. The number of hydrogen-bond acceptors (Lipinski definition) is 1. The lowest BCUT2D eigenvalue weighted by molar-refractivity contribution is 0.506. The minimum absolute atomic E-state index is 0.115. The van der Waals surface area contributed by atoms with Crippen molar-refractivity contribution in [2.75, 3.05) is 5.32 Å². The van der Waals surface area contributed by atoms with Crippen molar-refractivity contribution >= 4 is 28.9 Å². The van der Waals surface area contributed by atoms with Gasteiger partial charge in [0.25, 0.3) is 0 Å². The molecule has 1 N–H and O–H groups in total. The monoisotopic (exact) mass is 319 g/mol. The molecule has 0 aromatic heterocycles. The summed E-state index contributed by atoms with van der Waals surface area (Å²) in [6, 6.07) is 5.42. The Morgan fingerprint density at radius 3 is 2.10 bits per heavy atom. The zero-order valence-electron chi connectivity index (χ0n) is 10.4. The molecule has 0 aliphatic heterocycles. The van der Waals surface area contributed by atoms with E-state index in [2.05, 4.69) is 5.32 Å². The quantitative estimate of drug-likeness (QED) is 0.778. The minimum atomic E-state index is -0.938. The van der Waals surface area contributed by atoms with Crippen LogP contribution in [0.1, 0.15) is 18.5 Å². The number of benzene rings is 2. The van der Waals surface area contributed by atoms with Gasteiger partial charge in [0.2, 0.25) is 0 Å². The van der Waals surface area contributed by atoms with Crippen molar-refractivity contribution in [1.29, 1.82) is 0 Å². The maximum Gasteiger partial charge on any atom is 0.159 e. The summed E-state index contributed by atoms with van der Waals surface area (Å²) in [5.41, 5.74) is 0.854. The second-order valence-corrected chi connectivity index (χ2v) is 5.10. The van der Waals surface area contributed by atoms with E-state index < -0.39 is 17.5 Å². The molecule has 0 aliphatic carbocycles. The van der Waals surface area contributed by atoms with Crippen LogP contribution < -0.4 is 5.32 Å². The molecular formula is C14H10Cl2F3N. The highest BCUT2D eigenvalue weighted by Crippen LogP contribution is 2.34. The van der Waals surface area contributed by atoms with Crippen molar-refractivity contribution in [3.63, 3.8) is 0 Å². The van der Waals surface area contributed by atoms with Crippen LogP contribution >= 0.6 is 23.2 Å². The Kier molecular flexibility index (Phi) is 4.45. The molecule has 0 amide bonds. The molecule has 0 aliphatic rings. The van der Waals surface area contributed by atoms with Crippen molar-refractivity contribution in [2.45, 2.75) is 13.0 Å². The lowest BCUT2D eigenvalue weighted by Crippen LogP contribution is -2.08. The van der Waals surface area contributed by atoms with Gasteiger partial charge in [-0.3, -0.25) is 0 Å². The Morgan fingerprint density at radius 1 is 0.950 bits per heavy atom. The van der Waals surface area contributed by atoms with Gasteiger partial charge in [-0.15, -0.1) is 0 Å². The van der Waals surface area contributed by atoms with E-state index in [0.717, 1.165) is 24.3 Å². The van der Waals surface area contributed by atoms with Gasteiger partial charge in [0, 0.05) is 6.04 Å². The van der Waals surface area contributed by atoms with Crippen LogP contribution in [-0.4, -0.2) is 0 Å². The number of halogens is 5. The average Bonchev–Trinajstić information content (AvgIpc) is 2.36. The van der Waals surface area contributed by atoms with Gasteiger partial charge in [0.1, 0.15) is 5.82 Å². The molecule has 0 saturated carbocycles. The van der Waals surface area contributed by atoms with E-state index in [4.69, 9.17) is 23.2 Å². The topological polar surface area (TPSA) is 12.0 Å². The predicted molar refractivity (Wildman–Crippen MR) is 74.8 cm³/mol.